The molecule has 4 rings (SSSR count). The second-order valence-electron chi connectivity index (χ2n) is 6.25. The van der Waals surface area contributed by atoms with Gasteiger partial charge in [-0.2, -0.15) is 0 Å². The Labute approximate surface area is 166 Å². The van der Waals surface area contributed by atoms with Gasteiger partial charge in [0.2, 0.25) is 5.88 Å². The van der Waals surface area contributed by atoms with E-state index >= 15 is 0 Å². The highest BCUT2D eigenvalue weighted by molar-refractivity contribution is 7.71. The Morgan fingerprint density at radius 1 is 0.786 bits per heavy atom. The number of benzene rings is 3. The molecule has 0 atom stereocenters. The fourth-order valence-electron chi connectivity index (χ4n) is 3.01. The summed E-state index contributed by atoms with van der Waals surface area (Å²) in [6, 6.07) is 22.8. The zero-order valence-electron chi connectivity index (χ0n) is 15.0. The van der Waals surface area contributed by atoms with Crippen LogP contribution in [0.15, 0.2) is 78.9 Å². The van der Waals surface area contributed by atoms with E-state index in [-0.39, 0.29) is 11.7 Å². The van der Waals surface area contributed by atoms with E-state index in [1.807, 2.05) is 54.6 Å². The summed E-state index contributed by atoms with van der Waals surface area (Å²) < 4.78 is 22.7. The van der Waals surface area contributed by atoms with Crippen molar-refractivity contribution in [1.82, 2.24) is 9.13 Å². The van der Waals surface area contributed by atoms with Crippen molar-refractivity contribution in [3.8, 4) is 28.8 Å². The standard InChI is InChI=1S/C22H17FN2O2S/c1-15-21(26)25(18-9-7-16(23)8-10-18)22(28)24(15)17-11-13-20(14-12-17)27-19-5-3-2-4-6-19/h2-14,26H,1H3. The van der Waals surface area contributed by atoms with Gasteiger partial charge in [0.15, 0.2) is 4.77 Å². The van der Waals surface area contributed by atoms with Gasteiger partial charge in [0.05, 0.1) is 11.4 Å². The molecule has 3 aromatic carbocycles. The van der Waals surface area contributed by atoms with Gasteiger partial charge >= 0.3 is 0 Å². The summed E-state index contributed by atoms with van der Waals surface area (Å²) in [5, 5.41) is 10.6. The average molecular weight is 392 g/mol. The van der Waals surface area contributed by atoms with E-state index in [2.05, 4.69) is 0 Å². The third-order valence-corrected chi connectivity index (χ3v) is 4.78. The summed E-state index contributed by atoms with van der Waals surface area (Å²) >= 11 is 5.58. The van der Waals surface area contributed by atoms with E-state index < -0.39 is 0 Å². The smallest absolute Gasteiger partial charge is 0.218 e. The zero-order valence-corrected chi connectivity index (χ0v) is 15.9. The molecule has 4 aromatic rings. The molecule has 0 amide bonds. The van der Waals surface area contributed by atoms with Gasteiger partial charge in [0, 0.05) is 5.69 Å². The number of para-hydroxylation sites is 1. The molecule has 0 aliphatic rings. The average Bonchev–Trinajstić information content (AvgIpc) is 2.93. The monoisotopic (exact) mass is 392 g/mol. The lowest BCUT2D eigenvalue weighted by molar-refractivity contribution is 0.437. The van der Waals surface area contributed by atoms with Crippen molar-refractivity contribution in [2.75, 3.05) is 0 Å². The van der Waals surface area contributed by atoms with Crippen LogP contribution in [0.5, 0.6) is 17.4 Å². The minimum absolute atomic E-state index is 0.0150. The summed E-state index contributed by atoms with van der Waals surface area (Å²) in [6.45, 7) is 1.78. The highest BCUT2D eigenvalue weighted by atomic mass is 32.1. The molecule has 28 heavy (non-hydrogen) atoms. The summed E-state index contributed by atoms with van der Waals surface area (Å²) in [6.07, 6.45) is 0. The molecule has 0 unspecified atom stereocenters. The number of halogens is 1. The molecule has 0 aliphatic carbocycles. The number of imidazole rings is 1. The summed E-state index contributed by atoms with van der Waals surface area (Å²) in [5.74, 6) is 1.12. The molecule has 1 heterocycles. The molecule has 0 saturated carbocycles. The molecule has 0 fully saturated rings. The normalized spacial score (nSPS) is 10.8. The summed E-state index contributed by atoms with van der Waals surface area (Å²) in [5.41, 5.74) is 1.97. The molecule has 0 radical (unpaired) electrons. The molecule has 4 nitrogen and oxygen atoms in total. The van der Waals surface area contributed by atoms with Gasteiger partial charge in [-0.15, -0.1) is 0 Å². The molecule has 0 bridgehead atoms. The number of aromatic nitrogens is 2. The molecule has 1 N–H and O–H groups in total. The van der Waals surface area contributed by atoms with Crippen molar-refractivity contribution in [1.29, 1.82) is 0 Å². The first kappa shape index (κ1) is 18.0. The topological polar surface area (TPSA) is 39.3 Å². The Bertz CT molecular complexity index is 1160. The van der Waals surface area contributed by atoms with E-state index in [9.17, 15) is 9.50 Å². The number of rotatable bonds is 4. The van der Waals surface area contributed by atoms with Gasteiger partial charge in [-0.1, -0.05) is 18.2 Å². The van der Waals surface area contributed by atoms with Gasteiger partial charge in [0.1, 0.15) is 17.3 Å². The minimum atomic E-state index is -0.347. The lowest BCUT2D eigenvalue weighted by atomic mass is 10.3. The SMILES string of the molecule is Cc1c(O)n(-c2ccc(F)cc2)c(=S)n1-c1ccc(Oc2ccccc2)cc1. The molecular weight excluding hydrogens is 375 g/mol. The lowest BCUT2D eigenvalue weighted by Gasteiger charge is -2.08. The summed E-state index contributed by atoms with van der Waals surface area (Å²) in [4.78, 5) is 0. The maximum atomic E-state index is 13.2. The van der Waals surface area contributed by atoms with Crippen LogP contribution in [0.3, 0.4) is 0 Å². The van der Waals surface area contributed by atoms with Gasteiger partial charge in [-0.3, -0.25) is 9.13 Å². The van der Waals surface area contributed by atoms with Gasteiger partial charge < -0.3 is 9.84 Å². The number of aromatic hydroxyl groups is 1. The van der Waals surface area contributed by atoms with Gasteiger partial charge in [-0.25, -0.2) is 4.39 Å². The van der Waals surface area contributed by atoms with E-state index in [1.54, 1.807) is 23.6 Å². The second kappa shape index (κ2) is 7.32. The first-order chi connectivity index (χ1) is 13.5. The number of ether oxygens (including phenoxy) is 1. The van der Waals surface area contributed by atoms with Crippen LogP contribution >= 0.6 is 12.2 Å². The fourth-order valence-corrected chi connectivity index (χ4v) is 3.44. The molecule has 140 valence electrons. The van der Waals surface area contributed by atoms with Crippen LogP contribution in [0.4, 0.5) is 4.39 Å². The molecule has 0 aliphatic heterocycles. The molecular formula is C22H17FN2O2S. The van der Waals surface area contributed by atoms with E-state index in [0.29, 0.717) is 21.9 Å². The third-order valence-electron chi connectivity index (χ3n) is 4.41. The highest BCUT2D eigenvalue weighted by Gasteiger charge is 2.16. The Kier molecular flexibility index (Phi) is 4.71. The van der Waals surface area contributed by atoms with Crippen molar-refractivity contribution in [3.63, 3.8) is 0 Å². The Morgan fingerprint density at radius 2 is 1.32 bits per heavy atom. The van der Waals surface area contributed by atoms with E-state index in [1.165, 1.54) is 16.7 Å². The fraction of sp³-hybridized carbons (Fsp3) is 0.0455. The lowest BCUT2D eigenvalue weighted by Crippen LogP contribution is -1.99. The number of nitrogens with zero attached hydrogens (tertiary/aromatic N) is 2. The Balaban J connectivity index is 1.71. The van der Waals surface area contributed by atoms with Crippen molar-refractivity contribution in [2.24, 2.45) is 0 Å². The van der Waals surface area contributed by atoms with Crippen LogP contribution in [0, 0.1) is 17.5 Å². The number of hydrogen-bond acceptors (Lipinski definition) is 3. The highest BCUT2D eigenvalue weighted by Crippen LogP contribution is 2.29. The van der Waals surface area contributed by atoms with Crippen molar-refractivity contribution in [3.05, 3.63) is 95.1 Å². The zero-order chi connectivity index (χ0) is 19.7. The van der Waals surface area contributed by atoms with Crippen LogP contribution in [0.2, 0.25) is 0 Å². The second-order valence-corrected chi connectivity index (χ2v) is 6.61. The minimum Gasteiger partial charge on any atom is -0.493 e. The largest absolute Gasteiger partial charge is 0.493 e. The molecule has 6 heteroatoms. The first-order valence-electron chi connectivity index (χ1n) is 8.67. The van der Waals surface area contributed by atoms with Gasteiger partial charge in [-0.05, 0) is 79.8 Å². The van der Waals surface area contributed by atoms with Crippen molar-refractivity contribution in [2.45, 2.75) is 6.92 Å². The van der Waals surface area contributed by atoms with Crippen LogP contribution in [0.1, 0.15) is 5.69 Å². The molecule has 1 aromatic heterocycles. The van der Waals surface area contributed by atoms with Crippen molar-refractivity contribution < 1.29 is 14.2 Å². The Morgan fingerprint density at radius 3 is 1.96 bits per heavy atom. The van der Waals surface area contributed by atoms with Crippen LogP contribution in [0.25, 0.3) is 11.4 Å². The quantitative estimate of drug-likeness (QED) is 0.437. The molecule has 0 saturated heterocycles. The first-order valence-corrected chi connectivity index (χ1v) is 9.08. The predicted molar refractivity (Wildman–Crippen MR) is 109 cm³/mol. The van der Waals surface area contributed by atoms with Gasteiger partial charge in [0.25, 0.3) is 0 Å². The van der Waals surface area contributed by atoms with Crippen LogP contribution in [-0.2, 0) is 0 Å². The van der Waals surface area contributed by atoms with E-state index in [4.69, 9.17) is 17.0 Å². The maximum Gasteiger partial charge on any atom is 0.218 e. The van der Waals surface area contributed by atoms with E-state index in [0.717, 1.165) is 11.4 Å². The van der Waals surface area contributed by atoms with Crippen LogP contribution < -0.4 is 4.74 Å². The van der Waals surface area contributed by atoms with Crippen molar-refractivity contribution >= 4 is 12.2 Å². The number of hydrogen-bond donors (Lipinski definition) is 1. The Hall–Kier alpha value is -3.38. The maximum absolute atomic E-state index is 13.2. The predicted octanol–water partition coefficient (Wildman–Crippen LogP) is 5.94. The molecule has 0 spiro atoms. The van der Waals surface area contributed by atoms with Crippen LogP contribution in [-0.4, -0.2) is 14.2 Å². The third kappa shape index (κ3) is 3.30. The summed E-state index contributed by atoms with van der Waals surface area (Å²) in [7, 11) is 0.